The number of nitrogens with zero attached hydrogens (tertiary/aromatic N) is 1. The summed E-state index contributed by atoms with van der Waals surface area (Å²) in [7, 11) is 1.80. The maximum atomic E-state index is 11.4. The molecule has 1 aromatic heterocycles. The second-order valence-corrected chi connectivity index (χ2v) is 4.57. The average molecular weight is 254 g/mol. The molecule has 0 fully saturated rings. The standard InChI is InChI=1S/C16H18N2O/c1-12(19)16(17-2)10-13-8-9-15(18-11-13)14-6-4-3-5-7-14/h3-9,11,16-17H,10H2,1-2H3/t16-/m0/s1. The highest BCUT2D eigenvalue weighted by Crippen LogP contribution is 2.16. The van der Waals surface area contributed by atoms with Crippen molar-refractivity contribution in [2.24, 2.45) is 0 Å². The third-order valence-corrected chi connectivity index (χ3v) is 3.17. The highest BCUT2D eigenvalue weighted by atomic mass is 16.1. The number of nitrogens with one attached hydrogen (secondary N) is 1. The van der Waals surface area contributed by atoms with Crippen LogP contribution in [0.1, 0.15) is 12.5 Å². The predicted molar refractivity (Wildman–Crippen MR) is 76.9 cm³/mol. The third kappa shape index (κ3) is 3.48. The summed E-state index contributed by atoms with van der Waals surface area (Å²) < 4.78 is 0. The van der Waals surface area contributed by atoms with Crippen LogP contribution in [0.2, 0.25) is 0 Å². The van der Waals surface area contributed by atoms with Crippen molar-refractivity contribution in [3.63, 3.8) is 0 Å². The van der Waals surface area contributed by atoms with E-state index < -0.39 is 0 Å². The molecule has 0 aliphatic heterocycles. The van der Waals surface area contributed by atoms with Crippen molar-refractivity contribution in [1.82, 2.24) is 10.3 Å². The number of carbonyl (C=O) groups is 1. The molecule has 1 heterocycles. The number of likely N-dealkylation sites (N-methyl/N-ethyl adjacent to an activating group) is 1. The van der Waals surface area contributed by atoms with Gasteiger partial charge in [-0.15, -0.1) is 0 Å². The quantitative estimate of drug-likeness (QED) is 0.891. The summed E-state index contributed by atoms with van der Waals surface area (Å²) in [6.07, 6.45) is 2.52. The number of carbonyl (C=O) groups excluding carboxylic acids is 1. The molecule has 0 unspecified atom stereocenters. The van der Waals surface area contributed by atoms with Gasteiger partial charge in [0, 0.05) is 11.8 Å². The Bertz CT molecular complexity index is 534. The van der Waals surface area contributed by atoms with Gasteiger partial charge in [0.05, 0.1) is 11.7 Å². The van der Waals surface area contributed by atoms with Crippen LogP contribution in [0.4, 0.5) is 0 Å². The Morgan fingerprint density at radius 1 is 1.21 bits per heavy atom. The molecule has 3 heteroatoms. The Labute approximate surface area is 113 Å². The van der Waals surface area contributed by atoms with Crippen LogP contribution in [0.5, 0.6) is 0 Å². The zero-order chi connectivity index (χ0) is 13.7. The van der Waals surface area contributed by atoms with Gasteiger partial charge in [-0.05, 0) is 32.0 Å². The van der Waals surface area contributed by atoms with E-state index >= 15 is 0 Å². The van der Waals surface area contributed by atoms with Crippen molar-refractivity contribution in [2.75, 3.05) is 7.05 Å². The van der Waals surface area contributed by atoms with E-state index in [2.05, 4.69) is 10.3 Å². The molecule has 0 aliphatic carbocycles. The Kier molecular flexibility index (Phi) is 4.42. The van der Waals surface area contributed by atoms with Crippen molar-refractivity contribution in [1.29, 1.82) is 0 Å². The van der Waals surface area contributed by atoms with Crippen LogP contribution >= 0.6 is 0 Å². The maximum Gasteiger partial charge on any atom is 0.147 e. The Hall–Kier alpha value is -2.00. The van der Waals surface area contributed by atoms with Gasteiger partial charge in [0.2, 0.25) is 0 Å². The van der Waals surface area contributed by atoms with Gasteiger partial charge in [-0.25, -0.2) is 0 Å². The fourth-order valence-corrected chi connectivity index (χ4v) is 2.01. The minimum Gasteiger partial charge on any atom is -0.310 e. The summed E-state index contributed by atoms with van der Waals surface area (Å²) >= 11 is 0. The maximum absolute atomic E-state index is 11.4. The number of ketones is 1. The third-order valence-electron chi connectivity index (χ3n) is 3.17. The van der Waals surface area contributed by atoms with Crippen molar-refractivity contribution in [3.05, 3.63) is 54.2 Å². The van der Waals surface area contributed by atoms with E-state index in [9.17, 15) is 4.79 Å². The fraction of sp³-hybridized carbons (Fsp3) is 0.250. The number of rotatable bonds is 5. The van der Waals surface area contributed by atoms with E-state index in [1.807, 2.05) is 48.7 Å². The minimum atomic E-state index is -0.135. The first-order valence-corrected chi connectivity index (χ1v) is 6.39. The van der Waals surface area contributed by atoms with Gasteiger partial charge in [-0.1, -0.05) is 36.4 Å². The molecule has 19 heavy (non-hydrogen) atoms. The molecule has 0 saturated carbocycles. The van der Waals surface area contributed by atoms with Crippen molar-refractivity contribution in [3.8, 4) is 11.3 Å². The van der Waals surface area contributed by atoms with Crippen LogP contribution < -0.4 is 5.32 Å². The molecule has 1 N–H and O–H groups in total. The van der Waals surface area contributed by atoms with Crippen LogP contribution in [-0.2, 0) is 11.2 Å². The molecule has 3 nitrogen and oxygen atoms in total. The number of pyridine rings is 1. The van der Waals surface area contributed by atoms with Crippen molar-refractivity contribution < 1.29 is 4.79 Å². The highest BCUT2D eigenvalue weighted by Gasteiger charge is 2.12. The van der Waals surface area contributed by atoms with E-state index in [0.29, 0.717) is 6.42 Å². The number of benzene rings is 1. The number of Topliss-reactive ketones (excluding diaryl/α,β-unsaturated/α-hetero) is 1. The van der Waals surface area contributed by atoms with E-state index in [-0.39, 0.29) is 11.8 Å². The first kappa shape index (κ1) is 13.4. The summed E-state index contributed by atoms with van der Waals surface area (Å²) in [5.74, 6) is 0.148. The van der Waals surface area contributed by atoms with Crippen LogP contribution in [0.3, 0.4) is 0 Å². The first-order valence-electron chi connectivity index (χ1n) is 6.39. The molecule has 1 aromatic carbocycles. The van der Waals surface area contributed by atoms with Gasteiger partial charge < -0.3 is 5.32 Å². The van der Waals surface area contributed by atoms with E-state index in [1.54, 1.807) is 14.0 Å². The zero-order valence-electron chi connectivity index (χ0n) is 11.3. The van der Waals surface area contributed by atoms with Gasteiger partial charge in [0.25, 0.3) is 0 Å². The molecular weight excluding hydrogens is 236 g/mol. The first-order chi connectivity index (χ1) is 9.20. The van der Waals surface area contributed by atoms with Crippen LogP contribution in [-0.4, -0.2) is 23.9 Å². The number of hydrogen-bond acceptors (Lipinski definition) is 3. The smallest absolute Gasteiger partial charge is 0.147 e. The molecule has 2 rings (SSSR count). The van der Waals surface area contributed by atoms with Crippen LogP contribution in [0.15, 0.2) is 48.7 Å². The van der Waals surface area contributed by atoms with Crippen molar-refractivity contribution >= 4 is 5.78 Å². The molecule has 0 radical (unpaired) electrons. The highest BCUT2D eigenvalue weighted by molar-refractivity contribution is 5.81. The minimum absolute atomic E-state index is 0.135. The molecule has 0 aliphatic rings. The monoisotopic (exact) mass is 254 g/mol. The molecule has 0 saturated heterocycles. The Morgan fingerprint density at radius 3 is 2.47 bits per heavy atom. The molecule has 98 valence electrons. The summed E-state index contributed by atoms with van der Waals surface area (Å²) in [4.78, 5) is 15.8. The van der Waals surface area contributed by atoms with Gasteiger partial charge in [0.15, 0.2) is 0 Å². The molecule has 0 spiro atoms. The molecule has 0 bridgehead atoms. The Balaban J connectivity index is 2.13. The lowest BCUT2D eigenvalue weighted by molar-refractivity contribution is -0.118. The van der Waals surface area contributed by atoms with Gasteiger partial charge in [-0.3, -0.25) is 9.78 Å². The van der Waals surface area contributed by atoms with Crippen molar-refractivity contribution in [2.45, 2.75) is 19.4 Å². The molecule has 1 atom stereocenters. The van der Waals surface area contributed by atoms with Crippen LogP contribution in [0.25, 0.3) is 11.3 Å². The average Bonchev–Trinajstić information content (AvgIpc) is 2.46. The normalized spacial score (nSPS) is 12.1. The lowest BCUT2D eigenvalue weighted by atomic mass is 10.0. The predicted octanol–water partition coefficient (Wildman–Crippen LogP) is 2.47. The second kappa shape index (κ2) is 6.25. The zero-order valence-corrected chi connectivity index (χ0v) is 11.3. The molecule has 0 amide bonds. The lowest BCUT2D eigenvalue weighted by Gasteiger charge is -2.12. The summed E-state index contributed by atoms with van der Waals surface area (Å²) in [6, 6.07) is 13.9. The number of hydrogen-bond donors (Lipinski definition) is 1. The van der Waals surface area contributed by atoms with E-state index in [0.717, 1.165) is 16.8 Å². The molecular formula is C16H18N2O. The summed E-state index contributed by atoms with van der Waals surface area (Å²) in [5.41, 5.74) is 3.12. The lowest BCUT2D eigenvalue weighted by Crippen LogP contribution is -2.34. The Morgan fingerprint density at radius 2 is 1.95 bits per heavy atom. The van der Waals surface area contributed by atoms with E-state index in [1.165, 1.54) is 0 Å². The van der Waals surface area contributed by atoms with Gasteiger partial charge in [0.1, 0.15) is 5.78 Å². The number of aromatic nitrogens is 1. The fourth-order valence-electron chi connectivity index (χ4n) is 2.01. The SMILES string of the molecule is CN[C@@H](Cc1ccc(-c2ccccc2)nc1)C(C)=O. The van der Waals surface area contributed by atoms with Gasteiger partial charge >= 0.3 is 0 Å². The van der Waals surface area contributed by atoms with Gasteiger partial charge in [-0.2, -0.15) is 0 Å². The summed E-state index contributed by atoms with van der Waals surface area (Å²) in [5, 5.41) is 3.02. The second-order valence-electron chi connectivity index (χ2n) is 4.57. The molecule has 2 aromatic rings. The summed E-state index contributed by atoms with van der Waals surface area (Å²) in [6.45, 7) is 1.60. The topological polar surface area (TPSA) is 42.0 Å². The van der Waals surface area contributed by atoms with E-state index in [4.69, 9.17) is 0 Å². The largest absolute Gasteiger partial charge is 0.310 e. The van der Waals surface area contributed by atoms with Crippen LogP contribution in [0, 0.1) is 0 Å².